The van der Waals surface area contributed by atoms with Gasteiger partial charge < -0.3 is 20.1 Å². The summed E-state index contributed by atoms with van der Waals surface area (Å²) in [6.07, 6.45) is 0.776. The number of amides is 1. The van der Waals surface area contributed by atoms with Crippen LogP contribution in [-0.4, -0.2) is 44.7 Å². The summed E-state index contributed by atoms with van der Waals surface area (Å²) >= 11 is 0. The standard InChI is InChI=1S/C16H26N2O3.ClH/c1-11(2)14(17)8-9-18(3)16(19)13-7-6-12(20-4)10-15(13)21-5;/h6-7,10-11,14H,8-9,17H2,1-5H3;1H. The quantitative estimate of drug-likeness (QED) is 0.834. The molecule has 0 radical (unpaired) electrons. The van der Waals surface area contributed by atoms with Crippen LogP contribution in [0.1, 0.15) is 30.6 Å². The SMILES string of the molecule is COc1ccc(C(=O)N(C)CCC(N)C(C)C)c(OC)c1.Cl. The van der Waals surface area contributed by atoms with Gasteiger partial charge in [0.2, 0.25) is 0 Å². The summed E-state index contributed by atoms with van der Waals surface area (Å²) < 4.78 is 10.4. The van der Waals surface area contributed by atoms with E-state index in [1.54, 1.807) is 44.4 Å². The second-order valence-electron chi connectivity index (χ2n) is 5.49. The van der Waals surface area contributed by atoms with Crippen LogP contribution in [0.15, 0.2) is 18.2 Å². The van der Waals surface area contributed by atoms with E-state index in [2.05, 4.69) is 13.8 Å². The maximum absolute atomic E-state index is 12.5. The van der Waals surface area contributed by atoms with Gasteiger partial charge in [-0.1, -0.05) is 13.8 Å². The Bertz CT molecular complexity index is 480. The molecule has 0 aromatic heterocycles. The van der Waals surface area contributed by atoms with Crippen molar-refractivity contribution in [2.24, 2.45) is 11.7 Å². The summed E-state index contributed by atoms with van der Waals surface area (Å²) in [5, 5.41) is 0. The second kappa shape index (κ2) is 9.54. The van der Waals surface area contributed by atoms with E-state index in [1.165, 1.54) is 0 Å². The number of carbonyl (C=O) groups excluding carboxylic acids is 1. The minimum Gasteiger partial charge on any atom is -0.497 e. The molecular weight excluding hydrogens is 304 g/mol. The van der Waals surface area contributed by atoms with E-state index in [1.807, 2.05) is 0 Å². The molecule has 126 valence electrons. The lowest BCUT2D eigenvalue weighted by atomic mass is 10.0. The summed E-state index contributed by atoms with van der Waals surface area (Å²) in [5.41, 5.74) is 6.55. The number of rotatable bonds is 7. The van der Waals surface area contributed by atoms with Crippen LogP contribution in [0.2, 0.25) is 0 Å². The van der Waals surface area contributed by atoms with Crippen LogP contribution in [0.5, 0.6) is 11.5 Å². The lowest BCUT2D eigenvalue weighted by Gasteiger charge is -2.22. The fourth-order valence-electron chi connectivity index (χ4n) is 1.96. The van der Waals surface area contributed by atoms with Crippen molar-refractivity contribution in [2.75, 3.05) is 27.8 Å². The number of nitrogens with zero attached hydrogens (tertiary/aromatic N) is 1. The number of hydrogen-bond donors (Lipinski definition) is 1. The lowest BCUT2D eigenvalue weighted by Crippen LogP contribution is -2.34. The predicted molar refractivity (Wildman–Crippen MR) is 91.2 cm³/mol. The Hall–Kier alpha value is -1.46. The summed E-state index contributed by atoms with van der Waals surface area (Å²) in [7, 11) is 4.90. The molecular formula is C16H27ClN2O3. The van der Waals surface area contributed by atoms with Gasteiger partial charge in [0.05, 0.1) is 19.8 Å². The van der Waals surface area contributed by atoms with E-state index >= 15 is 0 Å². The molecule has 0 heterocycles. The van der Waals surface area contributed by atoms with Crippen LogP contribution in [-0.2, 0) is 0 Å². The first-order valence-electron chi connectivity index (χ1n) is 7.13. The number of benzene rings is 1. The summed E-state index contributed by atoms with van der Waals surface area (Å²) in [4.78, 5) is 14.1. The van der Waals surface area contributed by atoms with Crippen LogP contribution in [0.3, 0.4) is 0 Å². The van der Waals surface area contributed by atoms with Gasteiger partial charge in [0.15, 0.2) is 0 Å². The van der Waals surface area contributed by atoms with E-state index in [-0.39, 0.29) is 24.4 Å². The van der Waals surface area contributed by atoms with E-state index in [4.69, 9.17) is 15.2 Å². The van der Waals surface area contributed by atoms with Crippen LogP contribution in [0.4, 0.5) is 0 Å². The smallest absolute Gasteiger partial charge is 0.257 e. The molecule has 1 atom stereocenters. The molecule has 0 bridgehead atoms. The fourth-order valence-corrected chi connectivity index (χ4v) is 1.96. The third-order valence-electron chi connectivity index (χ3n) is 3.64. The van der Waals surface area contributed by atoms with Crippen LogP contribution < -0.4 is 15.2 Å². The molecule has 0 aliphatic heterocycles. The van der Waals surface area contributed by atoms with E-state index < -0.39 is 0 Å². The first kappa shape index (κ1) is 20.5. The molecule has 22 heavy (non-hydrogen) atoms. The zero-order valence-electron chi connectivity index (χ0n) is 14.0. The Labute approximate surface area is 139 Å². The molecule has 5 nitrogen and oxygen atoms in total. The monoisotopic (exact) mass is 330 g/mol. The molecule has 0 saturated carbocycles. The Morgan fingerprint density at radius 1 is 1.27 bits per heavy atom. The molecule has 1 aromatic rings. The molecule has 0 aliphatic carbocycles. The van der Waals surface area contributed by atoms with Gasteiger partial charge in [-0.15, -0.1) is 12.4 Å². The molecule has 0 aliphatic rings. The van der Waals surface area contributed by atoms with Crippen LogP contribution in [0.25, 0.3) is 0 Å². The lowest BCUT2D eigenvalue weighted by molar-refractivity contribution is 0.0785. The van der Waals surface area contributed by atoms with Gasteiger partial charge >= 0.3 is 0 Å². The highest BCUT2D eigenvalue weighted by Crippen LogP contribution is 2.25. The van der Waals surface area contributed by atoms with Crippen LogP contribution in [0, 0.1) is 5.92 Å². The summed E-state index contributed by atoms with van der Waals surface area (Å²) in [5.74, 6) is 1.50. The average Bonchev–Trinajstić information content (AvgIpc) is 2.50. The second-order valence-corrected chi connectivity index (χ2v) is 5.49. The van der Waals surface area contributed by atoms with E-state index in [0.29, 0.717) is 29.5 Å². The minimum atomic E-state index is -0.0783. The van der Waals surface area contributed by atoms with Crippen molar-refractivity contribution in [3.8, 4) is 11.5 Å². The maximum atomic E-state index is 12.5. The van der Waals surface area contributed by atoms with E-state index in [9.17, 15) is 4.79 Å². The molecule has 1 rings (SSSR count). The largest absolute Gasteiger partial charge is 0.497 e. The molecule has 1 aromatic carbocycles. The van der Waals surface area contributed by atoms with Gasteiger partial charge in [-0.3, -0.25) is 4.79 Å². The van der Waals surface area contributed by atoms with Crippen molar-refractivity contribution in [3.05, 3.63) is 23.8 Å². The highest BCUT2D eigenvalue weighted by atomic mass is 35.5. The Balaban J connectivity index is 0.00000441. The third kappa shape index (κ3) is 5.39. The molecule has 1 unspecified atom stereocenters. The highest BCUT2D eigenvalue weighted by Gasteiger charge is 2.18. The molecule has 2 N–H and O–H groups in total. The first-order chi connectivity index (χ1) is 9.90. The number of ether oxygens (including phenoxy) is 2. The van der Waals surface area contributed by atoms with Gasteiger partial charge in [0, 0.05) is 25.7 Å². The number of methoxy groups -OCH3 is 2. The normalized spacial score (nSPS) is 11.6. The number of halogens is 1. The minimum absolute atomic E-state index is 0. The fraction of sp³-hybridized carbons (Fsp3) is 0.562. The number of hydrogen-bond acceptors (Lipinski definition) is 4. The van der Waals surface area contributed by atoms with E-state index in [0.717, 1.165) is 6.42 Å². The van der Waals surface area contributed by atoms with Crippen molar-refractivity contribution in [1.82, 2.24) is 4.90 Å². The molecule has 0 fully saturated rings. The van der Waals surface area contributed by atoms with Crippen molar-refractivity contribution in [2.45, 2.75) is 26.3 Å². The van der Waals surface area contributed by atoms with Gasteiger partial charge in [-0.25, -0.2) is 0 Å². The zero-order chi connectivity index (χ0) is 16.0. The van der Waals surface area contributed by atoms with Gasteiger partial charge in [0.25, 0.3) is 5.91 Å². The summed E-state index contributed by atoms with van der Waals surface area (Å²) in [6, 6.07) is 5.28. The van der Waals surface area contributed by atoms with Crippen molar-refractivity contribution < 1.29 is 14.3 Å². The Morgan fingerprint density at radius 2 is 1.91 bits per heavy atom. The Kier molecular flexibility index (Phi) is 8.90. The Morgan fingerprint density at radius 3 is 2.41 bits per heavy atom. The topological polar surface area (TPSA) is 64.8 Å². The molecule has 0 saturated heterocycles. The number of carbonyl (C=O) groups is 1. The van der Waals surface area contributed by atoms with Gasteiger partial charge in [-0.2, -0.15) is 0 Å². The van der Waals surface area contributed by atoms with Crippen LogP contribution >= 0.6 is 12.4 Å². The number of nitrogens with two attached hydrogens (primary N) is 1. The van der Waals surface area contributed by atoms with Crippen molar-refractivity contribution >= 4 is 18.3 Å². The first-order valence-corrected chi connectivity index (χ1v) is 7.13. The van der Waals surface area contributed by atoms with Gasteiger partial charge in [0.1, 0.15) is 11.5 Å². The molecule has 1 amide bonds. The average molecular weight is 331 g/mol. The molecule has 0 spiro atoms. The zero-order valence-corrected chi connectivity index (χ0v) is 14.8. The predicted octanol–water partition coefficient (Wildman–Crippen LogP) is 2.57. The summed E-state index contributed by atoms with van der Waals surface area (Å²) in [6.45, 7) is 4.78. The van der Waals surface area contributed by atoms with Crippen molar-refractivity contribution in [3.63, 3.8) is 0 Å². The molecule has 6 heteroatoms. The van der Waals surface area contributed by atoms with Gasteiger partial charge in [-0.05, 0) is 24.5 Å². The maximum Gasteiger partial charge on any atom is 0.257 e. The van der Waals surface area contributed by atoms with Crippen molar-refractivity contribution in [1.29, 1.82) is 0 Å². The highest BCUT2D eigenvalue weighted by molar-refractivity contribution is 5.97. The third-order valence-corrected chi connectivity index (χ3v) is 3.64.